The molecule has 1 aromatic heterocycles. The van der Waals surface area contributed by atoms with Crippen LogP contribution in [0.15, 0.2) is 36.4 Å². The lowest BCUT2D eigenvalue weighted by atomic mass is 10.0. The molecule has 3 aromatic rings. The second-order valence-electron chi connectivity index (χ2n) is 8.01. The third-order valence-electron chi connectivity index (χ3n) is 5.82. The Bertz CT molecular complexity index is 1210. The molecule has 178 valence electrons. The van der Waals surface area contributed by atoms with Crippen LogP contribution in [0.1, 0.15) is 30.6 Å². The topological polar surface area (TPSA) is 104 Å². The van der Waals surface area contributed by atoms with Crippen molar-refractivity contribution in [3.05, 3.63) is 47.7 Å². The molecular formula is C25H28N4O5. The second kappa shape index (κ2) is 9.46. The molecule has 9 heteroatoms. The molecule has 2 amide bonds. The number of hydrogen-bond acceptors (Lipinski definition) is 6. The average molecular weight is 465 g/mol. The van der Waals surface area contributed by atoms with Crippen molar-refractivity contribution in [2.24, 2.45) is 0 Å². The lowest BCUT2D eigenvalue weighted by Gasteiger charge is -2.15. The number of nitrogens with zero attached hydrogens (tertiary/aromatic N) is 2. The number of rotatable bonds is 8. The summed E-state index contributed by atoms with van der Waals surface area (Å²) in [6.45, 7) is 4.04. The minimum absolute atomic E-state index is 0.0757. The molecule has 2 N–H and O–H groups in total. The zero-order valence-corrected chi connectivity index (χ0v) is 19.9. The third kappa shape index (κ3) is 4.16. The van der Waals surface area contributed by atoms with Gasteiger partial charge >= 0.3 is 0 Å². The Hall–Kier alpha value is -4.01. The quantitative estimate of drug-likeness (QED) is 0.523. The van der Waals surface area contributed by atoms with Gasteiger partial charge in [-0.25, -0.2) is 4.68 Å². The first-order valence-electron chi connectivity index (χ1n) is 11.0. The Morgan fingerprint density at radius 1 is 1.09 bits per heavy atom. The van der Waals surface area contributed by atoms with Crippen LogP contribution >= 0.6 is 0 Å². The first-order valence-corrected chi connectivity index (χ1v) is 11.0. The van der Waals surface area contributed by atoms with Crippen molar-refractivity contribution in [1.82, 2.24) is 9.78 Å². The molecule has 2 heterocycles. The Labute approximate surface area is 198 Å². The van der Waals surface area contributed by atoms with Crippen LogP contribution in [-0.4, -0.2) is 42.9 Å². The van der Waals surface area contributed by atoms with E-state index in [1.165, 1.54) is 21.3 Å². The highest BCUT2D eigenvalue weighted by Crippen LogP contribution is 2.41. The largest absolute Gasteiger partial charge is 0.493 e. The highest BCUT2D eigenvalue weighted by atomic mass is 16.5. The Morgan fingerprint density at radius 2 is 1.74 bits per heavy atom. The number of nitrogens with one attached hydrogen (secondary N) is 2. The Balaban J connectivity index is 1.59. The molecule has 0 saturated carbocycles. The minimum Gasteiger partial charge on any atom is -0.493 e. The maximum atomic E-state index is 12.9. The van der Waals surface area contributed by atoms with E-state index in [1.807, 2.05) is 38.1 Å². The number of aromatic nitrogens is 2. The first-order chi connectivity index (χ1) is 16.4. The van der Waals surface area contributed by atoms with Gasteiger partial charge < -0.3 is 24.8 Å². The van der Waals surface area contributed by atoms with E-state index in [1.54, 1.807) is 16.8 Å². The smallest absolute Gasteiger partial charge is 0.251 e. The number of carbonyl (C=O) groups excluding carboxylic acids is 2. The number of amides is 2. The molecule has 0 spiro atoms. The van der Waals surface area contributed by atoms with Gasteiger partial charge in [-0.3, -0.25) is 9.59 Å². The second-order valence-corrected chi connectivity index (χ2v) is 8.01. The average Bonchev–Trinajstić information content (AvgIpc) is 3.33. The lowest BCUT2D eigenvalue weighted by molar-refractivity contribution is -0.123. The monoisotopic (exact) mass is 464 g/mol. The van der Waals surface area contributed by atoms with Crippen molar-refractivity contribution in [2.75, 3.05) is 32.0 Å². The molecule has 0 aliphatic carbocycles. The molecule has 0 fully saturated rings. The normalized spacial score (nSPS) is 14.4. The van der Waals surface area contributed by atoms with E-state index in [9.17, 15) is 9.59 Å². The molecule has 4 rings (SSSR count). The fourth-order valence-corrected chi connectivity index (χ4v) is 4.13. The van der Waals surface area contributed by atoms with Gasteiger partial charge in [0.25, 0.3) is 5.91 Å². The summed E-state index contributed by atoms with van der Waals surface area (Å²) < 4.78 is 17.6. The number of ether oxygens (including phenoxy) is 3. The van der Waals surface area contributed by atoms with Crippen LogP contribution in [0.25, 0.3) is 11.1 Å². The number of methoxy groups -OCH3 is 3. The van der Waals surface area contributed by atoms with Crippen LogP contribution in [0, 0.1) is 6.92 Å². The molecule has 2 aromatic carbocycles. The number of anilines is 2. The molecule has 0 saturated heterocycles. The van der Waals surface area contributed by atoms with Crippen molar-refractivity contribution in [3.63, 3.8) is 0 Å². The standard InChI is InChI=1S/C25H28N4O5/c1-6-17-22(15-9-7-14(2)8-10-15)24-27-25(31)18(29(24)28-17)13-21(30)26-16-11-19(32-3)23(34-5)20(12-16)33-4/h7-12,18H,6,13H2,1-5H3,(H,26,30)(H,27,31). The van der Waals surface area contributed by atoms with Gasteiger partial charge in [0.05, 0.1) is 33.4 Å². The van der Waals surface area contributed by atoms with Gasteiger partial charge in [-0.2, -0.15) is 5.10 Å². The fourth-order valence-electron chi connectivity index (χ4n) is 4.13. The van der Waals surface area contributed by atoms with Gasteiger partial charge in [0, 0.05) is 23.4 Å². The van der Waals surface area contributed by atoms with Gasteiger partial charge in [-0.1, -0.05) is 36.8 Å². The fraction of sp³-hybridized carbons (Fsp3) is 0.320. The minimum atomic E-state index is -0.749. The summed E-state index contributed by atoms with van der Waals surface area (Å²) in [5.41, 5.74) is 4.35. The molecule has 0 radical (unpaired) electrons. The van der Waals surface area contributed by atoms with Crippen LogP contribution in [-0.2, 0) is 16.0 Å². The summed E-state index contributed by atoms with van der Waals surface area (Å²) in [4.78, 5) is 25.7. The van der Waals surface area contributed by atoms with Crippen molar-refractivity contribution in [3.8, 4) is 28.4 Å². The number of hydrogen-bond donors (Lipinski definition) is 2. The molecule has 9 nitrogen and oxygen atoms in total. The summed E-state index contributed by atoms with van der Waals surface area (Å²) in [5, 5.41) is 10.4. The summed E-state index contributed by atoms with van der Waals surface area (Å²) >= 11 is 0. The molecular weight excluding hydrogens is 436 g/mol. The maximum absolute atomic E-state index is 12.9. The van der Waals surface area contributed by atoms with E-state index in [4.69, 9.17) is 14.2 Å². The van der Waals surface area contributed by atoms with Crippen molar-refractivity contribution in [2.45, 2.75) is 32.7 Å². The number of carbonyl (C=O) groups is 2. The summed E-state index contributed by atoms with van der Waals surface area (Å²) in [6, 6.07) is 10.6. The lowest BCUT2D eigenvalue weighted by Crippen LogP contribution is -2.24. The van der Waals surface area contributed by atoms with Gasteiger partial charge in [0.2, 0.25) is 11.7 Å². The van der Waals surface area contributed by atoms with Crippen LogP contribution in [0.3, 0.4) is 0 Å². The summed E-state index contributed by atoms with van der Waals surface area (Å²) in [6.07, 6.45) is 0.622. The number of aryl methyl sites for hydroxylation is 2. The van der Waals surface area contributed by atoms with Crippen molar-refractivity contribution < 1.29 is 23.8 Å². The molecule has 1 atom stereocenters. The highest BCUT2D eigenvalue weighted by molar-refractivity contribution is 6.04. The molecule has 1 aliphatic rings. The Kier molecular flexibility index (Phi) is 6.45. The van der Waals surface area contributed by atoms with E-state index in [0.717, 1.165) is 22.4 Å². The van der Waals surface area contributed by atoms with Gasteiger partial charge in [0.1, 0.15) is 11.9 Å². The van der Waals surface area contributed by atoms with E-state index in [2.05, 4.69) is 15.7 Å². The van der Waals surface area contributed by atoms with Gasteiger partial charge in [-0.05, 0) is 18.9 Å². The predicted octanol–water partition coefficient (Wildman–Crippen LogP) is 3.97. The van der Waals surface area contributed by atoms with Gasteiger partial charge in [0.15, 0.2) is 11.5 Å². The predicted molar refractivity (Wildman–Crippen MR) is 129 cm³/mol. The van der Waals surface area contributed by atoms with Gasteiger partial charge in [-0.15, -0.1) is 0 Å². The molecule has 1 aliphatic heterocycles. The zero-order valence-electron chi connectivity index (χ0n) is 19.9. The van der Waals surface area contributed by atoms with E-state index in [-0.39, 0.29) is 18.2 Å². The van der Waals surface area contributed by atoms with E-state index < -0.39 is 6.04 Å². The molecule has 1 unspecified atom stereocenters. The SMILES string of the molecule is CCc1nn2c(c1-c1ccc(C)cc1)NC(=O)C2CC(=O)Nc1cc(OC)c(OC)c(OC)c1. The Morgan fingerprint density at radius 3 is 2.29 bits per heavy atom. The maximum Gasteiger partial charge on any atom is 0.251 e. The van der Waals surface area contributed by atoms with Crippen molar-refractivity contribution in [1.29, 1.82) is 0 Å². The van der Waals surface area contributed by atoms with E-state index in [0.29, 0.717) is 35.2 Å². The first kappa shape index (κ1) is 23.2. The zero-order chi connectivity index (χ0) is 24.4. The van der Waals surface area contributed by atoms with Crippen LogP contribution in [0.4, 0.5) is 11.5 Å². The van der Waals surface area contributed by atoms with Crippen LogP contribution in [0.5, 0.6) is 17.2 Å². The number of fused-ring (bicyclic) bond motifs is 1. The van der Waals surface area contributed by atoms with Crippen LogP contribution in [0.2, 0.25) is 0 Å². The summed E-state index contributed by atoms with van der Waals surface area (Å²) in [5.74, 6) is 1.28. The molecule has 34 heavy (non-hydrogen) atoms. The third-order valence-corrected chi connectivity index (χ3v) is 5.82. The molecule has 0 bridgehead atoms. The number of benzene rings is 2. The highest BCUT2D eigenvalue weighted by Gasteiger charge is 2.36. The van der Waals surface area contributed by atoms with E-state index >= 15 is 0 Å². The van der Waals surface area contributed by atoms with Crippen LogP contribution < -0.4 is 24.8 Å². The van der Waals surface area contributed by atoms with Crippen molar-refractivity contribution >= 4 is 23.3 Å². The summed E-state index contributed by atoms with van der Waals surface area (Å²) in [7, 11) is 4.51.